The van der Waals surface area contributed by atoms with Crippen molar-refractivity contribution in [2.24, 2.45) is 5.16 Å². The highest BCUT2D eigenvalue weighted by atomic mass is 35.5. The number of thiophene rings is 1. The van der Waals surface area contributed by atoms with E-state index in [9.17, 15) is 13.2 Å². The third-order valence-corrected chi connectivity index (χ3v) is 6.51. The first kappa shape index (κ1) is 19.9. The molecule has 144 valence electrons. The Morgan fingerprint density at radius 1 is 1.26 bits per heavy atom. The third-order valence-electron chi connectivity index (χ3n) is 4.10. The van der Waals surface area contributed by atoms with Crippen LogP contribution in [-0.4, -0.2) is 38.4 Å². The second-order valence-corrected chi connectivity index (χ2v) is 10.2. The summed E-state index contributed by atoms with van der Waals surface area (Å²) in [6.07, 6.45) is 0.785. The van der Waals surface area contributed by atoms with Crippen LogP contribution in [0.4, 0.5) is 5.69 Å². The molecule has 0 saturated heterocycles. The maximum absolute atomic E-state index is 13.0. The molecule has 0 fully saturated rings. The van der Waals surface area contributed by atoms with E-state index in [0.717, 1.165) is 11.1 Å². The topological polar surface area (TPSA) is 76.0 Å². The van der Waals surface area contributed by atoms with Gasteiger partial charge in [0.1, 0.15) is 5.71 Å². The summed E-state index contributed by atoms with van der Waals surface area (Å²) in [6, 6.07) is 9.76. The molecule has 0 spiro atoms. The molecule has 6 nitrogen and oxygen atoms in total. The van der Waals surface area contributed by atoms with Gasteiger partial charge < -0.3 is 9.74 Å². The molecule has 3 rings (SSSR count). The van der Waals surface area contributed by atoms with Crippen LogP contribution in [0, 0.1) is 0 Å². The fraction of sp³-hybridized carbons (Fsp3) is 0.333. The molecule has 0 aliphatic carbocycles. The first-order chi connectivity index (χ1) is 12.7. The zero-order valence-corrected chi connectivity index (χ0v) is 17.4. The standard InChI is InChI=1S/C18H19ClN2O4S2/c1-11(2)21(12-4-6-13(7-5-12)27(3,23)24)18(22)15-10-14(20-25-15)16-8-9-17(19)26-16/h4-9,11,15H,10H2,1-3H3. The molecule has 0 N–H and O–H groups in total. The number of anilines is 1. The van der Waals surface area contributed by atoms with E-state index in [-0.39, 0.29) is 16.8 Å². The lowest BCUT2D eigenvalue weighted by Crippen LogP contribution is -2.43. The van der Waals surface area contributed by atoms with Gasteiger partial charge in [0.15, 0.2) is 9.84 Å². The van der Waals surface area contributed by atoms with Crippen molar-refractivity contribution < 1.29 is 18.0 Å². The fourth-order valence-corrected chi connectivity index (χ4v) is 4.48. The predicted octanol–water partition coefficient (Wildman–Crippen LogP) is 3.74. The lowest BCUT2D eigenvalue weighted by molar-refractivity contribution is -0.128. The van der Waals surface area contributed by atoms with Crippen LogP contribution < -0.4 is 4.90 Å². The van der Waals surface area contributed by atoms with Crippen LogP contribution in [0.2, 0.25) is 4.34 Å². The van der Waals surface area contributed by atoms with E-state index in [1.54, 1.807) is 23.1 Å². The minimum Gasteiger partial charge on any atom is -0.382 e. The van der Waals surface area contributed by atoms with E-state index in [1.807, 2.05) is 19.9 Å². The summed E-state index contributed by atoms with van der Waals surface area (Å²) < 4.78 is 23.9. The van der Waals surface area contributed by atoms with Gasteiger partial charge in [0, 0.05) is 24.4 Å². The van der Waals surface area contributed by atoms with Crippen LogP contribution in [0.3, 0.4) is 0 Å². The number of nitrogens with zero attached hydrogens (tertiary/aromatic N) is 2. The Morgan fingerprint density at radius 2 is 1.93 bits per heavy atom. The van der Waals surface area contributed by atoms with Crippen LogP contribution in [0.25, 0.3) is 0 Å². The molecule has 1 aliphatic heterocycles. The van der Waals surface area contributed by atoms with Gasteiger partial charge in [-0.15, -0.1) is 11.3 Å². The van der Waals surface area contributed by atoms with Crippen molar-refractivity contribution >= 4 is 50.1 Å². The zero-order chi connectivity index (χ0) is 19.8. The normalized spacial score (nSPS) is 16.9. The Labute approximate surface area is 167 Å². The number of carbonyl (C=O) groups is 1. The number of sulfone groups is 1. The number of rotatable bonds is 5. The van der Waals surface area contributed by atoms with Crippen LogP contribution in [0.5, 0.6) is 0 Å². The minimum atomic E-state index is -3.29. The summed E-state index contributed by atoms with van der Waals surface area (Å²) >= 11 is 7.35. The summed E-state index contributed by atoms with van der Waals surface area (Å²) in [5, 5.41) is 4.05. The lowest BCUT2D eigenvalue weighted by Gasteiger charge is -2.28. The number of hydrogen-bond acceptors (Lipinski definition) is 6. The van der Waals surface area contributed by atoms with Crippen molar-refractivity contribution in [2.75, 3.05) is 11.2 Å². The summed E-state index contributed by atoms with van der Waals surface area (Å²) in [5.74, 6) is -0.224. The van der Waals surface area contributed by atoms with Gasteiger partial charge in [-0.05, 0) is 50.2 Å². The van der Waals surface area contributed by atoms with Crippen LogP contribution in [0.1, 0.15) is 25.1 Å². The van der Waals surface area contributed by atoms with Gasteiger partial charge >= 0.3 is 0 Å². The molecule has 0 radical (unpaired) electrons. The molecule has 1 amide bonds. The SMILES string of the molecule is CC(C)N(C(=O)C1CC(c2ccc(Cl)s2)=NO1)c1ccc(S(C)(=O)=O)cc1. The molecule has 2 aromatic rings. The van der Waals surface area contributed by atoms with Gasteiger partial charge in [0.05, 0.1) is 14.1 Å². The third kappa shape index (κ3) is 4.34. The summed E-state index contributed by atoms with van der Waals surface area (Å²) in [6.45, 7) is 3.77. The molecule has 1 aromatic carbocycles. The Morgan fingerprint density at radius 3 is 2.44 bits per heavy atom. The highest BCUT2D eigenvalue weighted by Gasteiger charge is 2.34. The van der Waals surface area contributed by atoms with E-state index in [4.69, 9.17) is 16.4 Å². The van der Waals surface area contributed by atoms with Crippen molar-refractivity contribution in [3.05, 3.63) is 45.6 Å². The second-order valence-electron chi connectivity index (χ2n) is 6.51. The molecule has 1 unspecified atom stereocenters. The smallest absolute Gasteiger partial charge is 0.271 e. The average molecular weight is 427 g/mol. The first-order valence-electron chi connectivity index (χ1n) is 8.28. The molecule has 1 atom stereocenters. The Balaban J connectivity index is 1.79. The number of hydrogen-bond donors (Lipinski definition) is 0. The van der Waals surface area contributed by atoms with E-state index in [0.29, 0.717) is 22.2 Å². The number of amides is 1. The van der Waals surface area contributed by atoms with Gasteiger partial charge in [0.2, 0.25) is 6.10 Å². The van der Waals surface area contributed by atoms with E-state index in [2.05, 4.69) is 5.16 Å². The van der Waals surface area contributed by atoms with Crippen LogP contribution in [-0.2, 0) is 19.5 Å². The second kappa shape index (κ2) is 7.61. The molecule has 0 bridgehead atoms. The van der Waals surface area contributed by atoms with Crippen LogP contribution >= 0.6 is 22.9 Å². The number of benzene rings is 1. The Hall–Kier alpha value is -1.90. The predicted molar refractivity (Wildman–Crippen MR) is 108 cm³/mol. The molecule has 0 saturated carbocycles. The van der Waals surface area contributed by atoms with Gasteiger partial charge in [0.25, 0.3) is 5.91 Å². The molecule has 2 heterocycles. The molecule has 9 heteroatoms. The van der Waals surface area contributed by atoms with Gasteiger partial charge in [-0.3, -0.25) is 4.79 Å². The van der Waals surface area contributed by atoms with Crippen molar-refractivity contribution in [1.82, 2.24) is 0 Å². The largest absolute Gasteiger partial charge is 0.382 e. The first-order valence-corrected chi connectivity index (χ1v) is 11.4. The molecule has 1 aliphatic rings. The lowest BCUT2D eigenvalue weighted by atomic mass is 10.1. The van der Waals surface area contributed by atoms with E-state index >= 15 is 0 Å². The van der Waals surface area contributed by atoms with E-state index < -0.39 is 15.9 Å². The van der Waals surface area contributed by atoms with E-state index in [1.165, 1.54) is 23.5 Å². The highest BCUT2D eigenvalue weighted by molar-refractivity contribution is 7.90. The maximum Gasteiger partial charge on any atom is 0.271 e. The maximum atomic E-state index is 13.0. The molecular weight excluding hydrogens is 408 g/mol. The minimum absolute atomic E-state index is 0.134. The molecular formula is C18H19ClN2O4S2. The average Bonchev–Trinajstić information content (AvgIpc) is 3.23. The zero-order valence-electron chi connectivity index (χ0n) is 15.0. The molecule has 27 heavy (non-hydrogen) atoms. The van der Waals surface area contributed by atoms with Gasteiger partial charge in [-0.2, -0.15) is 0 Å². The Kier molecular flexibility index (Phi) is 5.60. The quantitative estimate of drug-likeness (QED) is 0.729. The number of halogens is 1. The summed E-state index contributed by atoms with van der Waals surface area (Å²) in [5.41, 5.74) is 1.31. The van der Waals surface area contributed by atoms with Crippen molar-refractivity contribution in [2.45, 2.75) is 37.3 Å². The van der Waals surface area contributed by atoms with Crippen molar-refractivity contribution in [3.8, 4) is 0 Å². The van der Waals surface area contributed by atoms with Crippen molar-refractivity contribution in [1.29, 1.82) is 0 Å². The number of carbonyl (C=O) groups excluding carboxylic acids is 1. The van der Waals surface area contributed by atoms with Crippen LogP contribution in [0.15, 0.2) is 46.4 Å². The summed E-state index contributed by atoms with van der Waals surface area (Å²) in [7, 11) is -3.29. The van der Waals surface area contributed by atoms with Gasteiger partial charge in [-0.1, -0.05) is 16.8 Å². The monoisotopic (exact) mass is 426 g/mol. The summed E-state index contributed by atoms with van der Waals surface area (Å²) in [4.78, 5) is 21.1. The fourth-order valence-electron chi connectivity index (χ4n) is 2.81. The number of oxime groups is 1. The van der Waals surface area contributed by atoms with Gasteiger partial charge in [-0.25, -0.2) is 8.42 Å². The van der Waals surface area contributed by atoms with Crippen molar-refractivity contribution in [3.63, 3.8) is 0 Å². The Bertz CT molecular complexity index is 981. The molecule has 1 aromatic heterocycles. The highest BCUT2D eigenvalue weighted by Crippen LogP contribution is 2.28.